The molecule has 188 valence electrons. The molecule has 0 spiro atoms. The van der Waals surface area contributed by atoms with Crippen LogP contribution in [0.4, 0.5) is 0 Å². The van der Waals surface area contributed by atoms with Crippen molar-refractivity contribution in [3.05, 3.63) is 109 Å². The first-order chi connectivity index (χ1) is 18.1. The van der Waals surface area contributed by atoms with Crippen molar-refractivity contribution in [2.24, 2.45) is 0 Å². The van der Waals surface area contributed by atoms with E-state index in [1.807, 2.05) is 0 Å². The molecule has 0 heterocycles. The number of rotatable bonds is 4. The summed E-state index contributed by atoms with van der Waals surface area (Å²) in [6.07, 6.45) is 0. The Hall–Kier alpha value is -3.47. The van der Waals surface area contributed by atoms with Gasteiger partial charge in [0.05, 0.1) is 16.1 Å². The molecule has 0 aliphatic rings. The van der Waals surface area contributed by atoms with Crippen LogP contribution in [0.3, 0.4) is 0 Å². The zero-order valence-electron chi connectivity index (χ0n) is 23.4. The highest BCUT2D eigenvalue weighted by molar-refractivity contribution is 6.89. The average molecular weight is 525 g/mol. The van der Waals surface area contributed by atoms with Gasteiger partial charge < -0.3 is 0 Å². The summed E-state index contributed by atoms with van der Waals surface area (Å²) in [5.41, 5.74) is 5.14. The van der Waals surface area contributed by atoms with Crippen LogP contribution in [-0.2, 0) is 0 Å². The zero-order valence-corrected chi connectivity index (χ0v) is 25.4. The summed E-state index contributed by atoms with van der Waals surface area (Å²) < 4.78 is 0. The van der Waals surface area contributed by atoms with Crippen LogP contribution in [0.25, 0.3) is 54.6 Å². The Kier molecular flexibility index (Phi) is 5.93. The van der Waals surface area contributed by atoms with E-state index in [2.05, 4.69) is 148 Å². The van der Waals surface area contributed by atoms with Gasteiger partial charge >= 0.3 is 0 Å². The molecule has 0 aromatic heterocycles. The van der Waals surface area contributed by atoms with Crippen LogP contribution in [0.2, 0.25) is 39.3 Å². The first-order valence-electron chi connectivity index (χ1n) is 13.7. The molecular formula is C36H36Si2. The van der Waals surface area contributed by atoms with E-state index in [4.69, 9.17) is 0 Å². The molecule has 0 bridgehead atoms. The molecule has 0 N–H and O–H groups in total. The average Bonchev–Trinajstić information content (AvgIpc) is 2.90. The smallest absolute Gasteiger partial charge is 0.0656 e. The fourth-order valence-corrected chi connectivity index (χ4v) is 7.92. The maximum absolute atomic E-state index is 2.41. The molecule has 0 saturated heterocycles. The van der Waals surface area contributed by atoms with Gasteiger partial charge in [-0.3, -0.25) is 0 Å². The van der Waals surface area contributed by atoms with E-state index >= 15 is 0 Å². The second kappa shape index (κ2) is 9.08. The molecule has 6 aromatic carbocycles. The van der Waals surface area contributed by atoms with E-state index in [-0.39, 0.29) is 0 Å². The van der Waals surface area contributed by atoms with E-state index in [0.717, 1.165) is 0 Å². The molecule has 6 aromatic rings. The van der Waals surface area contributed by atoms with Gasteiger partial charge in [0.25, 0.3) is 0 Å². The van der Waals surface area contributed by atoms with Crippen molar-refractivity contribution in [3.8, 4) is 22.3 Å². The van der Waals surface area contributed by atoms with Crippen molar-refractivity contribution in [2.75, 3.05) is 0 Å². The summed E-state index contributed by atoms with van der Waals surface area (Å²) in [5.74, 6) is 0. The summed E-state index contributed by atoms with van der Waals surface area (Å²) in [4.78, 5) is 0. The van der Waals surface area contributed by atoms with Crippen molar-refractivity contribution in [2.45, 2.75) is 39.3 Å². The third-order valence-corrected chi connectivity index (χ3v) is 12.0. The SMILES string of the molecule is C[Si](C)(C)c1ccc2cc(-c3cccc4c(-c5ccc6cc([Si](C)(C)C)ccc6c5)cccc34)ccc2c1. The van der Waals surface area contributed by atoms with Gasteiger partial charge in [-0.05, 0) is 66.7 Å². The predicted octanol–water partition coefficient (Wildman–Crippen LogP) is 9.57. The van der Waals surface area contributed by atoms with Crippen molar-refractivity contribution in [1.82, 2.24) is 0 Å². The normalized spacial score (nSPS) is 12.5. The standard InChI is InChI=1S/C36H36Si2/c1-37(2,3)31-19-17-25-21-29(15-13-27(25)23-31)33-9-7-12-36-34(10-8-11-35(33)36)30-16-14-28-24-32(38(4,5)6)20-18-26(28)22-30/h7-24H,1-6H3. The van der Waals surface area contributed by atoms with Gasteiger partial charge in [-0.25, -0.2) is 0 Å². The number of hydrogen-bond acceptors (Lipinski definition) is 0. The van der Waals surface area contributed by atoms with Gasteiger partial charge in [0.15, 0.2) is 0 Å². The molecule has 0 fully saturated rings. The Morgan fingerprint density at radius 2 is 0.737 bits per heavy atom. The lowest BCUT2D eigenvalue weighted by Crippen LogP contribution is -2.37. The zero-order chi connectivity index (χ0) is 26.7. The van der Waals surface area contributed by atoms with E-state index in [1.165, 1.54) is 64.9 Å². The monoisotopic (exact) mass is 524 g/mol. The lowest BCUT2D eigenvalue weighted by molar-refractivity contribution is 1.65. The predicted molar refractivity (Wildman–Crippen MR) is 176 cm³/mol. The summed E-state index contributed by atoms with van der Waals surface area (Å²) in [7, 11) is -2.66. The molecule has 2 heteroatoms. The Bertz CT molecular complexity index is 1690. The van der Waals surface area contributed by atoms with Crippen LogP contribution >= 0.6 is 0 Å². The number of hydrogen-bond donors (Lipinski definition) is 0. The molecule has 0 amide bonds. The van der Waals surface area contributed by atoms with Gasteiger partial charge in [0.1, 0.15) is 0 Å². The Labute approximate surface area is 229 Å². The number of fused-ring (bicyclic) bond motifs is 3. The largest absolute Gasteiger partial charge is 0.0776 e. The van der Waals surface area contributed by atoms with Crippen LogP contribution in [0.15, 0.2) is 109 Å². The fraction of sp³-hybridized carbons (Fsp3) is 0.167. The maximum atomic E-state index is 2.41. The van der Waals surface area contributed by atoms with Crippen LogP contribution in [0.5, 0.6) is 0 Å². The van der Waals surface area contributed by atoms with E-state index < -0.39 is 16.1 Å². The van der Waals surface area contributed by atoms with Crippen molar-refractivity contribution in [3.63, 3.8) is 0 Å². The van der Waals surface area contributed by atoms with Gasteiger partial charge in [-0.15, -0.1) is 0 Å². The second-order valence-electron chi connectivity index (χ2n) is 12.8. The Morgan fingerprint density at radius 3 is 1.13 bits per heavy atom. The Morgan fingerprint density at radius 1 is 0.368 bits per heavy atom. The van der Waals surface area contributed by atoms with Gasteiger partial charge in [-0.2, -0.15) is 0 Å². The highest BCUT2D eigenvalue weighted by Gasteiger charge is 2.18. The first kappa shape index (κ1) is 24.8. The highest BCUT2D eigenvalue weighted by atomic mass is 28.3. The second-order valence-corrected chi connectivity index (χ2v) is 22.9. The van der Waals surface area contributed by atoms with Crippen LogP contribution in [0, 0.1) is 0 Å². The van der Waals surface area contributed by atoms with E-state index in [1.54, 1.807) is 0 Å². The van der Waals surface area contributed by atoms with E-state index in [9.17, 15) is 0 Å². The highest BCUT2D eigenvalue weighted by Crippen LogP contribution is 2.36. The lowest BCUT2D eigenvalue weighted by atomic mass is 9.91. The Balaban J connectivity index is 1.45. The van der Waals surface area contributed by atoms with Crippen LogP contribution in [0.1, 0.15) is 0 Å². The van der Waals surface area contributed by atoms with Crippen molar-refractivity contribution in [1.29, 1.82) is 0 Å². The molecule has 38 heavy (non-hydrogen) atoms. The number of benzene rings is 6. The van der Waals surface area contributed by atoms with E-state index in [0.29, 0.717) is 0 Å². The topological polar surface area (TPSA) is 0 Å². The minimum absolute atomic E-state index is 1.28. The first-order valence-corrected chi connectivity index (χ1v) is 20.7. The molecule has 0 radical (unpaired) electrons. The minimum Gasteiger partial charge on any atom is -0.0656 e. The molecule has 6 rings (SSSR count). The molecule has 0 unspecified atom stereocenters. The van der Waals surface area contributed by atoms with Crippen molar-refractivity contribution >= 4 is 58.8 Å². The third kappa shape index (κ3) is 4.53. The van der Waals surface area contributed by atoms with Gasteiger partial charge in [-0.1, -0.05) is 147 Å². The summed E-state index contributed by atoms with van der Waals surface area (Å²) in [5, 5.41) is 10.9. The lowest BCUT2D eigenvalue weighted by Gasteiger charge is -2.18. The molecule has 0 aliphatic heterocycles. The van der Waals surface area contributed by atoms with Gasteiger partial charge in [0.2, 0.25) is 0 Å². The van der Waals surface area contributed by atoms with Crippen LogP contribution in [-0.4, -0.2) is 16.1 Å². The summed E-state index contributed by atoms with van der Waals surface area (Å²) >= 11 is 0. The van der Waals surface area contributed by atoms with Crippen molar-refractivity contribution < 1.29 is 0 Å². The molecule has 0 aliphatic carbocycles. The minimum atomic E-state index is -1.33. The fourth-order valence-electron chi connectivity index (χ4n) is 5.57. The molecule has 0 nitrogen and oxygen atoms in total. The maximum Gasteiger partial charge on any atom is 0.0776 e. The molecule has 0 saturated carbocycles. The molecular weight excluding hydrogens is 489 g/mol. The van der Waals surface area contributed by atoms with Gasteiger partial charge in [0, 0.05) is 0 Å². The third-order valence-electron chi connectivity index (χ3n) is 7.96. The molecule has 0 atom stereocenters. The quantitative estimate of drug-likeness (QED) is 0.201. The summed E-state index contributed by atoms with van der Waals surface area (Å²) in [6, 6.07) is 41.5. The summed E-state index contributed by atoms with van der Waals surface area (Å²) in [6.45, 7) is 14.5. The van der Waals surface area contributed by atoms with Crippen LogP contribution < -0.4 is 10.4 Å².